The van der Waals surface area contributed by atoms with Gasteiger partial charge in [-0.15, -0.1) is 0 Å². The monoisotopic (exact) mass is 380 g/mol. The first kappa shape index (κ1) is 17.5. The second-order valence-electron chi connectivity index (χ2n) is 6.68. The Kier molecular flexibility index (Phi) is 4.36. The van der Waals surface area contributed by atoms with Gasteiger partial charge in [-0.3, -0.25) is 4.79 Å². The molecule has 5 nitrogen and oxygen atoms in total. The standard InChI is InChI=1S/C21H20N2O3S/c1-16(24)22-13-11-17-9-10-18(14-19(17)15-22)21-8-5-12-23(21)27(25,26)20-6-3-2-4-7-20/h2-10,12,14H,11,13,15H2,1H3. The molecule has 0 spiro atoms. The van der Waals surface area contributed by atoms with Gasteiger partial charge in [0.15, 0.2) is 0 Å². The Morgan fingerprint density at radius 2 is 1.74 bits per heavy atom. The Hall–Kier alpha value is -2.86. The first-order valence-corrected chi connectivity index (χ1v) is 10.3. The van der Waals surface area contributed by atoms with Crippen LogP contribution in [0.2, 0.25) is 0 Å². The molecule has 0 atom stereocenters. The minimum absolute atomic E-state index is 0.0566. The molecule has 3 aromatic rings. The van der Waals surface area contributed by atoms with E-state index in [2.05, 4.69) is 0 Å². The summed E-state index contributed by atoms with van der Waals surface area (Å²) in [6.45, 7) is 2.86. The number of hydrogen-bond acceptors (Lipinski definition) is 3. The molecule has 0 radical (unpaired) electrons. The van der Waals surface area contributed by atoms with Gasteiger partial charge in [0.25, 0.3) is 10.0 Å². The third kappa shape index (κ3) is 3.17. The summed E-state index contributed by atoms with van der Waals surface area (Å²) in [5, 5.41) is 0. The highest BCUT2D eigenvalue weighted by Crippen LogP contribution is 2.29. The second kappa shape index (κ2) is 6.70. The van der Waals surface area contributed by atoms with Crippen molar-refractivity contribution in [2.45, 2.75) is 24.8 Å². The number of hydrogen-bond donors (Lipinski definition) is 0. The Balaban J connectivity index is 1.76. The molecular weight excluding hydrogens is 360 g/mol. The van der Waals surface area contributed by atoms with E-state index in [9.17, 15) is 13.2 Å². The average Bonchev–Trinajstić information content (AvgIpc) is 3.18. The van der Waals surface area contributed by atoms with Crippen molar-refractivity contribution < 1.29 is 13.2 Å². The van der Waals surface area contributed by atoms with E-state index in [1.807, 2.05) is 23.1 Å². The summed E-state index contributed by atoms with van der Waals surface area (Å²) in [7, 11) is -3.67. The molecule has 1 aliphatic heterocycles. The maximum Gasteiger partial charge on any atom is 0.268 e. The maximum atomic E-state index is 13.0. The predicted molar refractivity (Wildman–Crippen MR) is 104 cm³/mol. The average molecular weight is 380 g/mol. The molecule has 0 fully saturated rings. The molecule has 2 aromatic carbocycles. The molecular formula is C21H20N2O3S. The second-order valence-corrected chi connectivity index (χ2v) is 8.50. The predicted octanol–water partition coefficient (Wildman–Crippen LogP) is 3.30. The molecule has 1 aliphatic rings. The van der Waals surface area contributed by atoms with E-state index in [0.29, 0.717) is 12.2 Å². The zero-order chi connectivity index (χ0) is 19.0. The maximum absolute atomic E-state index is 13.0. The highest BCUT2D eigenvalue weighted by Gasteiger charge is 2.22. The third-order valence-electron chi connectivity index (χ3n) is 4.97. The van der Waals surface area contributed by atoms with Gasteiger partial charge in [0, 0.05) is 26.2 Å². The molecule has 0 N–H and O–H groups in total. The fourth-order valence-corrected chi connectivity index (χ4v) is 4.87. The van der Waals surface area contributed by atoms with Gasteiger partial charge < -0.3 is 4.90 Å². The summed E-state index contributed by atoms with van der Waals surface area (Å²) in [5.41, 5.74) is 3.71. The largest absolute Gasteiger partial charge is 0.338 e. The number of nitrogens with zero attached hydrogens (tertiary/aromatic N) is 2. The number of amides is 1. The fourth-order valence-electron chi connectivity index (χ4n) is 3.49. The zero-order valence-electron chi connectivity index (χ0n) is 15.0. The van der Waals surface area contributed by atoms with Crippen molar-refractivity contribution in [2.24, 2.45) is 0 Å². The van der Waals surface area contributed by atoms with Crippen molar-refractivity contribution in [1.29, 1.82) is 0 Å². The first-order valence-electron chi connectivity index (χ1n) is 8.82. The summed E-state index contributed by atoms with van der Waals surface area (Å²) in [6, 6.07) is 17.9. The lowest BCUT2D eigenvalue weighted by molar-refractivity contribution is -0.129. The Morgan fingerprint density at radius 3 is 2.48 bits per heavy atom. The molecule has 0 unspecified atom stereocenters. The normalized spacial score (nSPS) is 14.0. The van der Waals surface area contributed by atoms with Crippen molar-refractivity contribution in [3.05, 3.63) is 78.0 Å². The van der Waals surface area contributed by atoms with Crippen molar-refractivity contribution >= 4 is 15.9 Å². The van der Waals surface area contributed by atoms with Crippen LogP contribution < -0.4 is 0 Å². The summed E-state index contributed by atoms with van der Waals surface area (Å²) in [5.74, 6) is 0.0566. The Bertz CT molecular complexity index is 1100. The number of benzene rings is 2. The molecule has 1 aromatic heterocycles. The van der Waals surface area contributed by atoms with E-state index in [4.69, 9.17) is 0 Å². The lowest BCUT2D eigenvalue weighted by Gasteiger charge is -2.28. The van der Waals surface area contributed by atoms with Crippen LogP contribution >= 0.6 is 0 Å². The van der Waals surface area contributed by atoms with Gasteiger partial charge in [0.05, 0.1) is 10.6 Å². The van der Waals surface area contributed by atoms with Gasteiger partial charge in [0.1, 0.15) is 0 Å². The Morgan fingerprint density at radius 1 is 0.963 bits per heavy atom. The van der Waals surface area contributed by atoms with E-state index >= 15 is 0 Å². The van der Waals surface area contributed by atoms with Crippen LogP contribution in [0, 0.1) is 0 Å². The molecule has 0 saturated carbocycles. The summed E-state index contributed by atoms with van der Waals surface area (Å²) in [6.07, 6.45) is 2.39. The molecule has 138 valence electrons. The molecule has 0 bridgehead atoms. The smallest absolute Gasteiger partial charge is 0.268 e. The summed E-state index contributed by atoms with van der Waals surface area (Å²) in [4.78, 5) is 13.8. The van der Waals surface area contributed by atoms with Gasteiger partial charge in [0.2, 0.25) is 5.91 Å². The molecule has 6 heteroatoms. The van der Waals surface area contributed by atoms with E-state index in [-0.39, 0.29) is 10.8 Å². The van der Waals surface area contributed by atoms with Crippen LogP contribution in [0.3, 0.4) is 0 Å². The van der Waals surface area contributed by atoms with Crippen LogP contribution in [0.25, 0.3) is 11.3 Å². The number of aromatic nitrogens is 1. The fraction of sp³-hybridized carbons (Fsp3) is 0.190. The van der Waals surface area contributed by atoms with Gasteiger partial charge in [-0.2, -0.15) is 0 Å². The number of carbonyl (C=O) groups excluding carboxylic acids is 1. The molecule has 0 saturated heterocycles. The van der Waals surface area contributed by atoms with Gasteiger partial charge in [-0.1, -0.05) is 30.3 Å². The van der Waals surface area contributed by atoms with E-state index in [1.165, 1.54) is 9.54 Å². The molecule has 2 heterocycles. The van der Waals surface area contributed by atoms with E-state index in [0.717, 1.165) is 24.1 Å². The SMILES string of the molecule is CC(=O)N1CCc2ccc(-c3cccn3S(=O)(=O)c3ccccc3)cc2C1. The quantitative estimate of drug-likeness (QED) is 0.701. The van der Waals surface area contributed by atoms with Crippen molar-refractivity contribution in [2.75, 3.05) is 6.54 Å². The van der Waals surface area contributed by atoms with Crippen LogP contribution in [0.5, 0.6) is 0 Å². The summed E-state index contributed by atoms with van der Waals surface area (Å²) < 4.78 is 27.4. The third-order valence-corrected chi connectivity index (χ3v) is 6.68. The van der Waals surface area contributed by atoms with Crippen molar-refractivity contribution in [3.8, 4) is 11.3 Å². The number of rotatable bonds is 3. The molecule has 1 amide bonds. The Labute approximate surface area is 158 Å². The van der Waals surface area contributed by atoms with Gasteiger partial charge in [-0.25, -0.2) is 12.4 Å². The molecule has 27 heavy (non-hydrogen) atoms. The van der Waals surface area contributed by atoms with E-state index in [1.54, 1.807) is 55.6 Å². The van der Waals surface area contributed by atoms with Gasteiger partial charge >= 0.3 is 0 Å². The first-order chi connectivity index (χ1) is 13.0. The van der Waals surface area contributed by atoms with E-state index < -0.39 is 10.0 Å². The highest BCUT2D eigenvalue weighted by molar-refractivity contribution is 7.90. The highest BCUT2D eigenvalue weighted by atomic mass is 32.2. The van der Waals surface area contributed by atoms with Crippen LogP contribution in [-0.2, 0) is 27.8 Å². The van der Waals surface area contributed by atoms with Gasteiger partial charge in [-0.05, 0) is 53.4 Å². The topological polar surface area (TPSA) is 59.4 Å². The minimum atomic E-state index is -3.67. The van der Waals surface area contributed by atoms with Crippen molar-refractivity contribution in [3.63, 3.8) is 0 Å². The van der Waals surface area contributed by atoms with Crippen LogP contribution in [0.1, 0.15) is 18.1 Å². The van der Waals surface area contributed by atoms with Crippen molar-refractivity contribution in [1.82, 2.24) is 8.87 Å². The minimum Gasteiger partial charge on any atom is -0.338 e. The number of carbonyl (C=O) groups is 1. The lowest BCUT2D eigenvalue weighted by Crippen LogP contribution is -2.34. The van der Waals surface area contributed by atoms with Crippen LogP contribution in [0.4, 0.5) is 0 Å². The molecule has 4 rings (SSSR count). The zero-order valence-corrected chi connectivity index (χ0v) is 15.8. The van der Waals surface area contributed by atoms with Crippen LogP contribution in [0.15, 0.2) is 71.8 Å². The molecule has 0 aliphatic carbocycles. The van der Waals surface area contributed by atoms with Crippen LogP contribution in [-0.4, -0.2) is 29.7 Å². The summed E-state index contributed by atoms with van der Waals surface area (Å²) >= 11 is 0. The number of fused-ring (bicyclic) bond motifs is 1. The lowest BCUT2D eigenvalue weighted by atomic mass is 9.96.